The number of hydrogen-bond donors (Lipinski definition) is 0. The van der Waals surface area contributed by atoms with Crippen LogP contribution in [-0.4, -0.2) is 60.3 Å². The van der Waals surface area contributed by atoms with Gasteiger partial charge in [0, 0.05) is 24.0 Å². The van der Waals surface area contributed by atoms with Crippen LogP contribution in [0.5, 0.6) is 0 Å². The number of allylic oxidation sites excluding steroid dienone is 1. The standard InChI is InChI=1S/C48H89NO5Si3/c1-22-26-40(44(51)48(14,15)42(32-34-50)53-56(18,19)46(8,9)10)43(54-57(20,21)47(11,12)13)37(3)28-25-27-36(2)30-31-41(52-55(16,17)45(5,6)7)38(4)35-39-29-23-24-33-49-39/h23-24,29-30,33-35,37,40-43H,22,25-28,31-32H2,1-21H3. The van der Waals surface area contributed by atoms with E-state index in [-0.39, 0.29) is 51.4 Å². The fraction of sp³-hybridized carbons (Fsp3) is 0.771. The van der Waals surface area contributed by atoms with E-state index in [0.717, 1.165) is 50.5 Å². The molecule has 0 saturated carbocycles. The van der Waals surface area contributed by atoms with E-state index in [1.807, 2.05) is 38.2 Å². The van der Waals surface area contributed by atoms with E-state index in [4.69, 9.17) is 13.3 Å². The lowest BCUT2D eigenvalue weighted by atomic mass is 9.71. The molecular formula is C48H89NO5Si3. The highest BCUT2D eigenvalue weighted by Crippen LogP contribution is 2.45. The average molecular weight is 844 g/mol. The zero-order valence-electron chi connectivity index (χ0n) is 40.9. The molecule has 0 amide bonds. The molecule has 0 saturated heterocycles. The molecular weight excluding hydrogens is 755 g/mol. The van der Waals surface area contributed by atoms with Crippen LogP contribution in [0.15, 0.2) is 41.6 Å². The summed E-state index contributed by atoms with van der Waals surface area (Å²) in [5.41, 5.74) is 2.66. The van der Waals surface area contributed by atoms with Crippen molar-refractivity contribution >= 4 is 43.1 Å². The number of carbonyl (C=O) groups is 2. The summed E-state index contributed by atoms with van der Waals surface area (Å²) >= 11 is 0. The first kappa shape index (κ1) is 53.5. The summed E-state index contributed by atoms with van der Waals surface area (Å²) < 4.78 is 21.3. The van der Waals surface area contributed by atoms with Crippen molar-refractivity contribution in [2.24, 2.45) is 17.3 Å². The zero-order chi connectivity index (χ0) is 44.4. The van der Waals surface area contributed by atoms with Gasteiger partial charge in [-0.2, -0.15) is 0 Å². The minimum atomic E-state index is -2.27. The van der Waals surface area contributed by atoms with Gasteiger partial charge in [-0.3, -0.25) is 9.78 Å². The number of hydrogen-bond acceptors (Lipinski definition) is 6. The smallest absolute Gasteiger partial charge is 0.192 e. The van der Waals surface area contributed by atoms with Crippen molar-refractivity contribution in [1.29, 1.82) is 0 Å². The maximum atomic E-state index is 15.1. The number of aldehydes is 1. The molecule has 1 rings (SSSR count). The van der Waals surface area contributed by atoms with Gasteiger partial charge in [0.15, 0.2) is 25.0 Å². The summed E-state index contributed by atoms with van der Waals surface area (Å²) in [7, 11) is -6.55. The van der Waals surface area contributed by atoms with E-state index in [1.165, 1.54) is 11.1 Å². The van der Waals surface area contributed by atoms with Crippen LogP contribution in [0.25, 0.3) is 6.08 Å². The molecule has 0 aromatic carbocycles. The van der Waals surface area contributed by atoms with Crippen LogP contribution >= 0.6 is 0 Å². The van der Waals surface area contributed by atoms with E-state index >= 15 is 4.79 Å². The first-order valence-corrected chi connectivity index (χ1v) is 30.7. The Balaban J connectivity index is 3.46. The summed E-state index contributed by atoms with van der Waals surface area (Å²) in [6.45, 7) is 46.9. The Morgan fingerprint density at radius 1 is 0.772 bits per heavy atom. The number of carbonyl (C=O) groups excluding carboxylic acids is 2. The summed E-state index contributed by atoms with van der Waals surface area (Å²) in [6, 6.07) is 6.02. The predicted octanol–water partition coefficient (Wildman–Crippen LogP) is 14.4. The van der Waals surface area contributed by atoms with Crippen molar-refractivity contribution in [2.75, 3.05) is 0 Å². The topological polar surface area (TPSA) is 74.7 Å². The minimum absolute atomic E-state index is 0.00268. The Morgan fingerprint density at radius 3 is 1.77 bits per heavy atom. The third-order valence-electron chi connectivity index (χ3n) is 13.8. The summed E-state index contributed by atoms with van der Waals surface area (Å²) in [4.78, 5) is 31.7. The number of nitrogens with zero attached hydrogens (tertiary/aromatic N) is 1. The van der Waals surface area contributed by atoms with Crippen LogP contribution in [0, 0.1) is 17.3 Å². The molecule has 0 aliphatic rings. The van der Waals surface area contributed by atoms with Gasteiger partial charge in [-0.25, -0.2) is 0 Å². The van der Waals surface area contributed by atoms with Gasteiger partial charge in [0.25, 0.3) is 0 Å². The number of pyridine rings is 1. The molecule has 1 heterocycles. The molecule has 57 heavy (non-hydrogen) atoms. The summed E-state index contributed by atoms with van der Waals surface area (Å²) in [5.74, 6) is 0.0563. The molecule has 0 N–H and O–H groups in total. The highest BCUT2D eigenvalue weighted by Gasteiger charge is 2.50. The Hall–Kier alpha value is -1.50. The van der Waals surface area contributed by atoms with Crippen molar-refractivity contribution in [3.63, 3.8) is 0 Å². The largest absolute Gasteiger partial charge is 0.413 e. The first-order valence-electron chi connectivity index (χ1n) is 22.0. The van der Waals surface area contributed by atoms with Crippen LogP contribution in [0.1, 0.15) is 154 Å². The number of ketones is 1. The molecule has 328 valence electrons. The Labute approximate surface area is 355 Å². The van der Waals surface area contributed by atoms with Gasteiger partial charge in [-0.05, 0) is 130 Å². The quantitative estimate of drug-likeness (QED) is 0.0620. The second-order valence-corrected chi connectivity index (χ2v) is 36.5. The molecule has 1 aromatic rings. The van der Waals surface area contributed by atoms with Gasteiger partial charge in [0.2, 0.25) is 0 Å². The molecule has 0 bridgehead atoms. The van der Waals surface area contributed by atoms with Crippen LogP contribution in [0.2, 0.25) is 54.4 Å². The van der Waals surface area contributed by atoms with Crippen molar-refractivity contribution < 1.29 is 22.9 Å². The number of aromatic nitrogens is 1. The number of Topliss-reactive ketones (excluding diaryl/α,β-unsaturated/α-hetero) is 1. The van der Waals surface area contributed by atoms with E-state index in [0.29, 0.717) is 0 Å². The van der Waals surface area contributed by atoms with Crippen molar-refractivity contribution in [2.45, 2.75) is 222 Å². The molecule has 0 spiro atoms. The van der Waals surface area contributed by atoms with Crippen LogP contribution in [-0.2, 0) is 22.9 Å². The molecule has 5 unspecified atom stereocenters. The van der Waals surface area contributed by atoms with Crippen LogP contribution in [0.3, 0.4) is 0 Å². The van der Waals surface area contributed by atoms with Gasteiger partial charge in [0.05, 0.1) is 24.0 Å². The van der Waals surface area contributed by atoms with E-state index < -0.39 is 36.5 Å². The molecule has 6 nitrogen and oxygen atoms in total. The van der Waals surface area contributed by atoms with E-state index in [2.05, 4.69) is 146 Å². The Kier molecular flexibility index (Phi) is 20.0. The predicted molar refractivity (Wildman–Crippen MR) is 253 cm³/mol. The average Bonchev–Trinajstić information content (AvgIpc) is 3.06. The molecule has 0 aliphatic heterocycles. The second-order valence-electron chi connectivity index (χ2n) is 22.3. The fourth-order valence-electron chi connectivity index (χ4n) is 6.54. The van der Waals surface area contributed by atoms with Gasteiger partial charge in [0.1, 0.15) is 12.1 Å². The number of rotatable bonds is 23. The second kappa shape index (κ2) is 21.3. The van der Waals surface area contributed by atoms with E-state index in [9.17, 15) is 4.79 Å². The maximum absolute atomic E-state index is 15.1. The normalized spacial score (nSPS) is 17.2. The maximum Gasteiger partial charge on any atom is 0.192 e. The van der Waals surface area contributed by atoms with Crippen molar-refractivity contribution in [1.82, 2.24) is 4.98 Å². The van der Waals surface area contributed by atoms with Crippen LogP contribution < -0.4 is 0 Å². The molecule has 0 fully saturated rings. The summed E-state index contributed by atoms with van der Waals surface area (Å²) in [6.07, 6.45) is 12.2. The van der Waals surface area contributed by atoms with Crippen LogP contribution in [0.4, 0.5) is 0 Å². The zero-order valence-corrected chi connectivity index (χ0v) is 43.9. The van der Waals surface area contributed by atoms with E-state index in [1.54, 1.807) is 0 Å². The minimum Gasteiger partial charge on any atom is -0.413 e. The lowest BCUT2D eigenvalue weighted by Crippen LogP contribution is -2.54. The lowest BCUT2D eigenvalue weighted by molar-refractivity contribution is -0.142. The van der Waals surface area contributed by atoms with Gasteiger partial charge < -0.3 is 18.1 Å². The van der Waals surface area contributed by atoms with Gasteiger partial charge in [-0.15, -0.1) is 0 Å². The molecule has 0 aliphatic carbocycles. The third-order valence-corrected chi connectivity index (χ3v) is 27.3. The Morgan fingerprint density at radius 2 is 1.30 bits per heavy atom. The van der Waals surface area contributed by atoms with Crippen molar-refractivity contribution in [3.8, 4) is 0 Å². The third kappa shape index (κ3) is 15.8. The highest BCUT2D eigenvalue weighted by molar-refractivity contribution is 6.75. The first-order chi connectivity index (χ1) is 25.8. The monoisotopic (exact) mass is 844 g/mol. The van der Waals surface area contributed by atoms with Gasteiger partial charge in [-0.1, -0.05) is 114 Å². The van der Waals surface area contributed by atoms with Gasteiger partial charge >= 0.3 is 0 Å². The Bertz CT molecular complexity index is 1460. The lowest BCUT2D eigenvalue weighted by Gasteiger charge is -2.47. The SMILES string of the molecule is CCCC(C(=O)C(C)(C)C(CC=O)O[Si](C)(C)C(C)(C)C)C(O[Si](C)(C)C(C)(C)C)C(C)CCCC(C)=CCC(O[Si](C)(C)C(C)(C)C)C(C)=Cc1ccccn1. The summed E-state index contributed by atoms with van der Waals surface area (Å²) in [5, 5.41) is 0.0597. The fourth-order valence-corrected chi connectivity index (χ4v) is 10.8. The molecule has 1 aromatic heterocycles. The molecule has 5 atom stereocenters. The molecule has 0 radical (unpaired) electrons. The highest BCUT2D eigenvalue weighted by atomic mass is 28.4. The van der Waals surface area contributed by atoms with Crippen molar-refractivity contribution in [3.05, 3.63) is 47.3 Å². The molecule has 9 heteroatoms.